The molecule has 0 radical (unpaired) electrons. The molecule has 0 spiro atoms. The van der Waals surface area contributed by atoms with Crippen LogP contribution in [0.15, 0.2) is 0 Å². The largest absolute Gasteiger partial charge is 0.481 e. The Morgan fingerprint density at radius 1 is 1.14 bits per heavy atom. The van der Waals surface area contributed by atoms with Crippen molar-refractivity contribution in [2.75, 3.05) is 0 Å². The molecule has 120 valence electrons. The molecule has 2 N–H and O–H groups in total. The van der Waals surface area contributed by atoms with Gasteiger partial charge in [0.15, 0.2) is 0 Å². The summed E-state index contributed by atoms with van der Waals surface area (Å²) in [6, 6.07) is 0.113. The second kappa shape index (κ2) is 5.85. The number of ether oxygens (including phenoxy) is 1. The Morgan fingerprint density at radius 3 is 2.10 bits per heavy atom. The molecule has 5 heteroatoms. The van der Waals surface area contributed by atoms with Crippen molar-refractivity contribution in [2.45, 2.75) is 77.4 Å². The molecule has 0 heterocycles. The van der Waals surface area contributed by atoms with Crippen LogP contribution < -0.4 is 5.32 Å². The van der Waals surface area contributed by atoms with Gasteiger partial charge < -0.3 is 15.2 Å². The molecule has 2 rings (SSSR count). The first-order valence-electron chi connectivity index (χ1n) is 7.96. The van der Waals surface area contributed by atoms with E-state index >= 15 is 0 Å². The number of carbonyl (C=O) groups excluding carboxylic acids is 1. The molecule has 5 nitrogen and oxygen atoms in total. The van der Waals surface area contributed by atoms with Gasteiger partial charge in [0, 0.05) is 6.04 Å². The average molecular weight is 297 g/mol. The summed E-state index contributed by atoms with van der Waals surface area (Å²) in [5.41, 5.74) is -0.961. The Kier molecular flexibility index (Phi) is 4.49. The average Bonchev–Trinajstić information content (AvgIpc) is 2.26. The van der Waals surface area contributed by atoms with Gasteiger partial charge in [0.05, 0.1) is 5.41 Å². The predicted molar refractivity (Wildman–Crippen MR) is 79.0 cm³/mol. The van der Waals surface area contributed by atoms with E-state index in [2.05, 4.69) is 5.32 Å². The summed E-state index contributed by atoms with van der Waals surface area (Å²) in [6.07, 6.45) is 5.75. The van der Waals surface area contributed by atoms with Crippen LogP contribution in [-0.4, -0.2) is 28.8 Å². The number of hydrogen-bond donors (Lipinski definition) is 2. The number of hydrogen-bond acceptors (Lipinski definition) is 3. The standard InChI is InChI=1S/C16H27NO4/c1-15(2,3)21-14(20)17-12-7-5-11(6-8-12)16(13(18)19)9-4-10-16/h11-12H,4-10H2,1-3H3,(H,17,20)(H,18,19). The monoisotopic (exact) mass is 297 g/mol. The maximum absolute atomic E-state index is 11.8. The smallest absolute Gasteiger partial charge is 0.407 e. The van der Waals surface area contributed by atoms with E-state index in [1.54, 1.807) is 0 Å². The van der Waals surface area contributed by atoms with Crippen LogP contribution in [0.2, 0.25) is 0 Å². The third-order valence-corrected chi connectivity index (χ3v) is 4.90. The fraction of sp³-hybridized carbons (Fsp3) is 0.875. The molecular weight excluding hydrogens is 270 g/mol. The molecule has 0 aromatic heterocycles. The molecule has 0 unspecified atom stereocenters. The lowest BCUT2D eigenvalue weighted by molar-refractivity contribution is -0.161. The van der Waals surface area contributed by atoms with Crippen LogP contribution >= 0.6 is 0 Å². The highest BCUT2D eigenvalue weighted by atomic mass is 16.6. The molecule has 0 aromatic rings. The first kappa shape index (κ1) is 16.1. The minimum atomic E-state index is -0.627. The fourth-order valence-electron chi connectivity index (χ4n) is 3.62. The van der Waals surface area contributed by atoms with Crippen molar-refractivity contribution in [2.24, 2.45) is 11.3 Å². The van der Waals surface area contributed by atoms with E-state index in [-0.39, 0.29) is 18.1 Å². The van der Waals surface area contributed by atoms with Crippen molar-refractivity contribution in [3.8, 4) is 0 Å². The molecule has 2 aliphatic rings. The third kappa shape index (κ3) is 3.69. The first-order valence-corrected chi connectivity index (χ1v) is 7.96. The Hall–Kier alpha value is -1.26. The molecule has 21 heavy (non-hydrogen) atoms. The van der Waals surface area contributed by atoms with Gasteiger partial charge in [-0.05, 0) is 65.2 Å². The van der Waals surface area contributed by atoms with E-state index in [4.69, 9.17) is 4.74 Å². The number of alkyl carbamates (subject to hydrolysis) is 1. The molecule has 0 bridgehead atoms. The number of carbonyl (C=O) groups is 2. The highest BCUT2D eigenvalue weighted by Crippen LogP contribution is 2.52. The summed E-state index contributed by atoms with van der Waals surface area (Å²) < 4.78 is 5.26. The van der Waals surface area contributed by atoms with Gasteiger partial charge in [-0.25, -0.2) is 4.79 Å². The van der Waals surface area contributed by atoms with Crippen LogP contribution in [0.5, 0.6) is 0 Å². The van der Waals surface area contributed by atoms with E-state index in [1.165, 1.54) is 0 Å². The molecule has 0 aliphatic heterocycles. The van der Waals surface area contributed by atoms with Crippen LogP contribution in [-0.2, 0) is 9.53 Å². The predicted octanol–water partition coefficient (Wildman–Crippen LogP) is 3.32. The molecule has 1 amide bonds. The van der Waals surface area contributed by atoms with E-state index in [0.717, 1.165) is 44.9 Å². The van der Waals surface area contributed by atoms with Crippen molar-refractivity contribution >= 4 is 12.1 Å². The lowest BCUT2D eigenvalue weighted by atomic mass is 9.57. The second-order valence-electron chi connectivity index (χ2n) is 7.51. The summed E-state index contributed by atoms with van der Waals surface area (Å²) >= 11 is 0. The van der Waals surface area contributed by atoms with Crippen LogP contribution in [0.1, 0.15) is 65.7 Å². The number of aliphatic carboxylic acids is 1. The lowest BCUT2D eigenvalue weighted by Crippen LogP contribution is -2.48. The number of carboxylic acids is 1. The molecule has 2 aliphatic carbocycles. The minimum Gasteiger partial charge on any atom is -0.481 e. The zero-order chi connectivity index (χ0) is 15.7. The maximum Gasteiger partial charge on any atom is 0.407 e. The van der Waals surface area contributed by atoms with E-state index in [0.29, 0.717) is 0 Å². The second-order valence-corrected chi connectivity index (χ2v) is 7.51. The summed E-state index contributed by atoms with van der Waals surface area (Å²) in [5.74, 6) is -0.363. The van der Waals surface area contributed by atoms with Crippen LogP contribution in [0.25, 0.3) is 0 Å². The molecule has 0 aromatic carbocycles. The minimum absolute atomic E-state index is 0.113. The molecular formula is C16H27NO4. The molecule has 2 fully saturated rings. The number of amides is 1. The summed E-state index contributed by atoms with van der Waals surface area (Å²) in [5, 5.41) is 12.4. The van der Waals surface area contributed by atoms with Crippen molar-refractivity contribution in [1.29, 1.82) is 0 Å². The van der Waals surface area contributed by atoms with Crippen LogP contribution in [0.4, 0.5) is 4.79 Å². The Bertz CT molecular complexity index is 401. The van der Waals surface area contributed by atoms with Gasteiger partial charge >= 0.3 is 12.1 Å². The van der Waals surface area contributed by atoms with Gasteiger partial charge in [-0.3, -0.25) is 4.79 Å². The maximum atomic E-state index is 11.8. The van der Waals surface area contributed by atoms with E-state index in [9.17, 15) is 14.7 Å². The van der Waals surface area contributed by atoms with Crippen molar-refractivity contribution in [1.82, 2.24) is 5.32 Å². The first-order chi connectivity index (χ1) is 9.73. The quantitative estimate of drug-likeness (QED) is 0.838. The number of carboxylic acid groups (broad SMARTS) is 1. The normalized spacial score (nSPS) is 28.3. The van der Waals surface area contributed by atoms with E-state index < -0.39 is 17.0 Å². The molecule has 2 saturated carbocycles. The van der Waals surface area contributed by atoms with E-state index in [1.807, 2.05) is 20.8 Å². The SMILES string of the molecule is CC(C)(C)OC(=O)NC1CCC(C2(C(=O)O)CCC2)CC1. The Morgan fingerprint density at radius 2 is 1.71 bits per heavy atom. The van der Waals surface area contributed by atoms with Gasteiger partial charge in [0.25, 0.3) is 0 Å². The topological polar surface area (TPSA) is 75.6 Å². The molecule has 0 atom stereocenters. The highest BCUT2D eigenvalue weighted by Gasteiger charge is 2.50. The van der Waals surface area contributed by atoms with Crippen LogP contribution in [0, 0.1) is 11.3 Å². The van der Waals surface area contributed by atoms with Crippen molar-refractivity contribution in [3.63, 3.8) is 0 Å². The lowest BCUT2D eigenvalue weighted by Gasteiger charge is -2.46. The zero-order valence-electron chi connectivity index (χ0n) is 13.3. The summed E-state index contributed by atoms with van der Waals surface area (Å²) in [6.45, 7) is 5.53. The fourth-order valence-corrected chi connectivity index (χ4v) is 3.62. The zero-order valence-corrected chi connectivity index (χ0v) is 13.3. The van der Waals surface area contributed by atoms with Gasteiger partial charge in [0.1, 0.15) is 5.60 Å². The summed E-state index contributed by atoms with van der Waals surface area (Å²) in [7, 11) is 0. The number of rotatable bonds is 3. The van der Waals surface area contributed by atoms with Crippen LogP contribution in [0.3, 0.4) is 0 Å². The van der Waals surface area contributed by atoms with Gasteiger partial charge in [-0.2, -0.15) is 0 Å². The third-order valence-electron chi connectivity index (χ3n) is 4.90. The van der Waals surface area contributed by atoms with Crippen molar-refractivity contribution in [3.05, 3.63) is 0 Å². The van der Waals surface area contributed by atoms with Gasteiger partial charge in [-0.1, -0.05) is 6.42 Å². The highest BCUT2D eigenvalue weighted by molar-refractivity contribution is 5.76. The Balaban J connectivity index is 1.81. The van der Waals surface area contributed by atoms with Gasteiger partial charge in [0.2, 0.25) is 0 Å². The molecule has 0 saturated heterocycles. The van der Waals surface area contributed by atoms with Gasteiger partial charge in [-0.15, -0.1) is 0 Å². The van der Waals surface area contributed by atoms with Crippen molar-refractivity contribution < 1.29 is 19.4 Å². The number of nitrogens with one attached hydrogen (secondary N) is 1. The Labute approximate surface area is 126 Å². The summed E-state index contributed by atoms with van der Waals surface area (Å²) in [4.78, 5) is 23.3.